The molecule has 0 radical (unpaired) electrons. The van der Waals surface area contributed by atoms with Gasteiger partial charge in [-0.1, -0.05) is 12.1 Å². The van der Waals surface area contributed by atoms with Crippen LogP contribution in [-0.2, 0) is 9.59 Å². The molecule has 0 aliphatic carbocycles. The van der Waals surface area contributed by atoms with Crippen LogP contribution in [0.5, 0.6) is 0 Å². The summed E-state index contributed by atoms with van der Waals surface area (Å²) in [6, 6.07) is 2.64. The van der Waals surface area contributed by atoms with Crippen LogP contribution in [0.4, 0.5) is 11.4 Å². The molecular formula is C16H21N3O5. The lowest BCUT2D eigenvalue weighted by Crippen LogP contribution is -2.35. The third-order valence-corrected chi connectivity index (χ3v) is 3.44. The number of nitro groups is 1. The van der Waals surface area contributed by atoms with E-state index in [9.17, 15) is 19.7 Å². The van der Waals surface area contributed by atoms with Crippen LogP contribution in [-0.4, -0.2) is 33.9 Å². The lowest BCUT2D eigenvalue weighted by Gasteiger charge is -2.18. The van der Waals surface area contributed by atoms with Crippen LogP contribution in [0.25, 0.3) is 0 Å². The third kappa shape index (κ3) is 5.47. The van der Waals surface area contributed by atoms with E-state index in [1.165, 1.54) is 12.1 Å². The van der Waals surface area contributed by atoms with Gasteiger partial charge in [0.05, 0.1) is 11.0 Å². The van der Waals surface area contributed by atoms with Crippen molar-refractivity contribution < 1.29 is 19.6 Å². The molecule has 0 fully saturated rings. The van der Waals surface area contributed by atoms with Crippen molar-refractivity contribution in [3.63, 3.8) is 0 Å². The Hall–Kier alpha value is -2.74. The summed E-state index contributed by atoms with van der Waals surface area (Å²) in [5, 5.41) is 22.8. The molecular weight excluding hydrogens is 314 g/mol. The maximum atomic E-state index is 12.2. The third-order valence-electron chi connectivity index (χ3n) is 3.44. The zero-order valence-corrected chi connectivity index (χ0v) is 13.6. The second kappa shape index (κ2) is 8.78. The molecule has 4 N–H and O–H groups in total. The van der Waals surface area contributed by atoms with Crippen LogP contribution in [0.15, 0.2) is 30.4 Å². The van der Waals surface area contributed by atoms with Gasteiger partial charge in [-0.15, -0.1) is 0 Å². The number of benzene rings is 1. The number of carbonyl (C=O) groups is 2. The number of carbonyl (C=O) groups excluding carboxylic acids is 1. The molecule has 0 saturated carbocycles. The number of nitrogens with zero attached hydrogens (tertiary/aromatic N) is 1. The summed E-state index contributed by atoms with van der Waals surface area (Å²) < 4.78 is 0. The van der Waals surface area contributed by atoms with E-state index in [0.717, 1.165) is 5.56 Å². The smallest absolute Gasteiger partial charge is 0.320 e. The number of nitrogens with one attached hydrogen (secondary N) is 1. The molecule has 2 unspecified atom stereocenters. The van der Waals surface area contributed by atoms with Crippen molar-refractivity contribution in [1.29, 1.82) is 0 Å². The van der Waals surface area contributed by atoms with Gasteiger partial charge in [0.1, 0.15) is 11.7 Å². The van der Waals surface area contributed by atoms with Crippen molar-refractivity contribution in [2.75, 3.05) is 5.32 Å². The Morgan fingerprint density at radius 3 is 2.62 bits per heavy atom. The van der Waals surface area contributed by atoms with Gasteiger partial charge >= 0.3 is 5.97 Å². The molecule has 0 bridgehead atoms. The minimum atomic E-state index is -1.16. The number of allylic oxidation sites excluding steroid dienone is 1. The molecule has 0 aliphatic rings. The molecule has 130 valence electrons. The first kappa shape index (κ1) is 19.3. The molecule has 1 aromatic rings. The highest BCUT2D eigenvalue weighted by atomic mass is 16.6. The van der Waals surface area contributed by atoms with Gasteiger partial charge in [-0.3, -0.25) is 19.7 Å². The predicted octanol–water partition coefficient (Wildman–Crippen LogP) is 2.02. The van der Waals surface area contributed by atoms with Gasteiger partial charge in [-0.05, 0) is 44.4 Å². The normalized spacial score (nSPS) is 13.5. The van der Waals surface area contributed by atoms with E-state index in [4.69, 9.17) is 10.8 Å². The Labute approximate surface area is 139 Å². The van der Waals surface area contributed by atoms with Gasteiger partial charge in [-0.2, -0.15) is 0 Å². The van der Waals surface area contributed by atoms with Crippen molar-refractivity contribution in [3.05, 3.63) is 46.0 Å². The molecule has 0 amide bonds. The van der Waals surface area contributed by atoms with E-state index < -0.39 is 23.0 Å². The number of hydrogen-bond acceptors (Lipinski definition) is 6. The predicted molar refractivity (Wildman–Crippen MR) is 89.9 cm³/mol. The van der Waals surface area contributed by atoms with Gasteiger partial charge in [-0.25, -0.2) is 0 Å². The summed E-state index contributed by atoms with van der Waals surface area (Å²) in [5.74, 6) is -1.46. The van der Waals surface area contributed by atoms with E-state index in [1.54, 1.807) is 32.1 Å². The van der Waals surface area contributed by atoms with Crippen LogP contribution >= 0.6 is 0 Å². The van der Waals surface area contributed by atoms with Crippen LogP contribution in [0.3, 0.4) is 0 Å². The van der Waals surface area contributed by atoms with E-state index in [1.807, 2.05) is 0 Å². The molecule has 1 rings (SSSR count). The molecule has 0 saturated heterocycles. The molecule has 0 aliphatic heterocycles. The second-order valence-electron chi connectivity index (χ2n) is 5.40. The molecule has 0 heterocycles. The van der Waals surface area contributed by atoms with Crippen molar-refractivity contribution in [1.82, 2.24) is 0 Å². The Balaban J connectivity index is 3.04. The zero-order chi connectivity index (χ0) is 18.3. The number of aliphatic carboxylic acids is 1. The first-order valence-electron chi connectivity index (χ1n) is 7.42. The maximum absolute atomic E-state index is 12.2. The molecule has 8 heteroatoms. The number of carboxylic acid groups (broad SMARTS) is 1. The Morgan fingerprint density at radius 1 is 1.42 bits per heavy atom. The minimum absolute atomic E-state index is 0.0654. The fourth-order valence-electron chi connectivity index (χ4n) is 2.15. The van der Waals surface area contributed by atoms with Gasteiger partial charge in [0, 0.05) is 6.07 Å². The highest BCUT2D eigenvalue weighted by Crippen LogP contribution is 2.26. The topological polar surface area (TPSA) is 136 Å². The molecule has 2 atom stereocenters. The fourth-order valence-corrected chi connectivity index (χ4v) is 2.15. The summed E-state index contributed by atoms with van der Waals surface area (Å²) in [6.07, 6.45) is 3.10. The largest absolute Gasteiger partial charge is 0.480 e. The number of hydrogen-bond donors (Lipinski definition) is 3. The van der Waals surface area contributed by atoms with Crippen molar-refractivity contribution >= 4 is 23.1 Å². The monoisotopic (exact) mass is 335 g/mol. The summed E-state index contributed by atoms with van der Waals surface area (Å²) in [4.78, 5) is 33.6. The number of rotatable bonds is 9. The Morgan fingerprint density at radius 2 is 2.08 bits per heavy atom. The van der Waals surface area contributed by atoms with Gasteiger partial charge < -0.3 is 16.2 Å². The van der Waals surface area contributed by atoms with Gasteiger partial charge in [0.15, 0.2) is 5.78 Å². The molecule has 0 spiro atoms. The standard InChI is InChI=1S/C16H21N3O5/c1-3-4-15(20)12(7-6-11(17)16(21)22)18-13-9-10(2)5-8-14(13)19(23)24/h3-5,8-9,11-12,18H,6-7,17H2,1-2H3,(H,21,22)/b4-3+. The van der Waals surface area contributed by atoms with Gasteiger partial charge in [0.25, 0.3) is 5.69 Å². The van der Waals surface area contributed by atoms with Crippen LogP contribution < -0.4 is 11.1 Å². The number of nitro benzene ring substituents is 1. The van der Waals surface area contributed by atoms with E-state index >= 15 is 0 Å². The molecule has 1 aromatic carbocycles. The van der Waals surface area contributed by atoms with Crippen LogP contribution in [0.1, 0.15) is 25.3 Å². The van der Waals surface area contributed by atoms with Crippen LogP contribution in [0, 0.1) is 17.0 Å². The summed E-state index contributed by atoms with van der Waals surface area (Å²) >= 11 is 0. The number of aryl methyl sites for hydroxylation is 1. The van der Waals surface area contributed by atoms with Gasteiger partial charge in [0.2, 0.25) is 0 Å². The lowest BCUT2D eigenvalue weighted by atomic mass is 10.0. The van der Waals surface area contributed by atoms with Crippen molar-refractivity contribution in [3.8, 4) is 0 Å². The first-order chi connectivity index (χ1) is 11.3. The van der Waals surface area contributed by atoms with Crippen LogP contribution in [0.2, 0.25) is 0 Å². The lowest BCUT2D eigenvalue weighted by molar-refractivity contribution is -0.384. The average molecular weight is 335 g/mol. The van der Waals surface area contributed by atoms with Crippen molar-refractivity contribution in [2.45, 2.75) is 38.8 Å². The summed E-state index contributed by atoms with van der Waals surface area (Å²) in [6.45, 7) is 3.45. The number of anilines is 1. The van der Waals surface area contributed by atoms with E-state index in [0.29, 0.717) is 0 Å². The summed E-state index contributed by atoms with van der Waals surface area (Å²) in [5.41, 5.74) is 6.33. The summed E-state index contributed by atoms with van der Waals surface area (Å²) in [7, 11) is 0. The fraction of sp³-hybridized carbons (Fsp3) is 0.375. The Kier molecular flexibility index (Phi) is 7.06. The maximum Gasteiger partial charge on any atom is 0.320 e. The van der Waals surface area contributed by atoms with E-state index in [-0.39, 0.29) is 30.0 Å². The zero-order valence-electron chi connectivity index (χ0n) is 13.6. The quantitative estimate of drug-likeness (QED) is 0.357. The van der Waals surface area contributed by atoms with Crippen molar-refractivity contribution in [2.24, 2.45) is 5.73 Å². The molecule has 0 aromatic heterocycles. The Bertz CT molecular complexity index is 657. The first-order valence-corrected chi connectivity index (χ1v) is 7.42. The number of nitrogens with two attached hydrogens (primary N) is 1. The minimum Gasteiger partial charge on any atom is -0.480 e. The SMILES string of the molecule is C/C=C/C(=O)C(CCC(N)C(=O)O)Nc1cc(C)ccc1[N+](=O)[O-]. The number of ketones is 1. The number of carboxylic acids is 1. The highest BCUT2D eigenvalue weighted by molar-refractivity contribution is 5.96. The average Bonchev–Trinajstić information content (AvgIpc) is 2.50. The molecule has 24 heavy (non-hydrogen) atoms. The molecule has 8 nitrogen and oxygen atoms in total. The van der Waals surface area contributed by atoms with E-state index in [2.05, 4.69) is 5.32 Å². The second-order valence-corrected chi connectivity index (χ2v) is 5.40. The highest BCUT2D eigenvalue weighted by Gasteiger charge is 2.23.